The van der Waals surface area contributed by atoms with Gasteiger partial charge < -0.3 is 5.32 Å². The minimum atomic E-state index is 0.583. The van der Waals surface area contributed by atoms with Gasteiger partial charge in [0.1, 0.15) is 0 Å². The second-order valence-electron chi connectivity index (χ2n) is 4.41. The Bertz CT molecular complexity index is 359. The van der Waals surface area contributed by atoms with E-state index in [0.29, 0.717) is 12.0 Å². The predicted octanol–water partition coefficient (Wildman–Crippen LogP) is 2.90. The van der Waals surface area contributed by atoms with Crippen LogP contribution >= 0.6 is 11.8 Å². The van der Waals surface area contributed by atoms with Crippen LogP contribution in [0.2, 0.25) is 0 Å². The third kappa shape index (κ3) is 3.01. The van der Waals surface area contributed by atoms with E-state index in [1.807, 2.05) is 17.8 Å². The van der Waals surface area contributed by atoms with E-state index < -0.39 is 0 Å². The normalized spacial score (nSPS) is 22.7. The molecule has 1 unspecified atom stereocenters. The standard InChI is InChI=1S/C13H18N2S/c1-10(2)12-9-16-13(15-12)14-8-11-6-4-3-5-7-11/h3-7,10,12H,8-9H2,1-2H3,(H,14,15). The zero-order chi connectivity index (χ0) is 11.4. The van der Waals surface area contributed by atoms with Gasteiger partial charge in [-0.1, -0.05) is 55.9 Å². The van der Waals surface area contributed by atoms with Crippen molar-refractivity contribution in [2.75, 3.05) is 5.75 Å². The lowest BCUT2D eigenvalue weighted by molar-refractivity contribution is 0.503. The second-order valence-corrected chi connectivity index (χ2v) is 5.42. The molecule has 0 bridgehead atoms. The summed E-state index contributed by atoms with van der Waals surface area (Å²) >= 11 is 1.84. The highest BCUT2D eigenvalue weighted by molar-refractivity contribution is 8.14. The van der Waals surface area contributed by atoms with E-state index in [2.05, 4.69) is 48.4 Å². The molecule has 1 atom stereocenters. The largest absolute Gasteiger partial charge is 0.361 e. The summed E-state index contributed by atoms with van der Waals surface area (Å²) in [7, 11) is 0. The van der Waals surface area contributed by atoms with Gasteiger partial charge in [-0.05, 0) is 11.5 Å². The van der Waals surface area contributed by atoms with E-state index in [9.17, 15) is 0 Å². The molecule has 1 aromatic carbocycles. The summed E-state index contributed by atoms with van der Waals surface area (Å²) in [5.41, 5.74) is 1.27. The van der Waals surface area contributed by atoms with Crippen LogP contribution in [0.15, 0.2) is 35.3 Å². The van der Waals surface area contributed by atoms with E-state index >= 15 is 0 Å². The minimum Gasteiger partial charge on any atom is -0.361 e. The average molecular weight is 234 g/mol. The van der Waals surface area contributed by atoms with Crippen molar-refractivity contribution in [3.05, 3.63) is 35.9 Å². The van der Waals surface area contributed by atoms with E-state index in [1.54, 1.807) is 0 Å². The van der Waals surface area contributed by atoms with Gasteiger partial charge in [-0.2, -0.15) is 0 Å². The molecule has 1 N–H and O–H groups in total. The summed E-state index contributed by atoms with van der Waals surface area (Å²) < 4.78 is 0. The van der Waals surface area contributed by atoms with Gasteiger partial charge in [-0.25, -0.2) is 0 Å². The van der Waals surface area contributed by atoms with Crippen molar-refractivity contribution in [2.24, 2.45) is 10.9 Å². The van der Waals surface area contributed by atoms with E-state index in [4.69, 9.17) is 0 Å². The van der Waals surface area contributed by atoms with Gasteiger partial charge in [0, 0.05) is 11.8 Å². The first kappa shape index (κ1) is 11.5. The van der Waals surface area contributed by atoms with Gasteiger partial charge in [-0.3, -0.25) is 4.99 Å². The van der Waals surface area contributed by atoms with E-state index in [-0.39, 0.29) is 0 Å². The zero-order valence-corrected chi connectivity index (χ0v) is 10.6. The fraction of sp³-hybridized carbons (Fsp3) is 0.462. The van der Waals surface area contributed by atoms with Crippen LogP contribution in [0.25, 0.3) is 0 Å². The maximum absolute atomic E-state index is 4.59. The van der Waals surface area contributed by atoms with Crippen LogP contribution in [-0.4, -0.2) is 17.0 Å². The first-order valence-electron chi connectivity index (χ1n) is 5.73. The number of nitrogens with zero attached hydrogens (tertiary/aromatic N) is 1. The molecule has 0 aromatic heterocycles. The Morgan fingerprint density at radius 3 is 2.75 bits per heavy atom. The molecule has 1 saturated heterocycles. The van der Waals surface area contributed by atoms with Gasteiger partial charge in [0.05, 0.1) is 6.54 Å². The number of thioether (sulfide) groups is 1. The lowest BCUT2D eigenvalue weighted by atomic mass is 10.1. The molecule has 0 amide bonds. The van der Waals surface area contributed by atoms with Crippen LogP contribution in [0.5, 0.6) is 0 Å². The molecule has 0 aliphatic carbocycles. The van der Waals surface area contributed by atoms with Gasteiger partial charge in [0.15, 0.2) is 5.17 Å². The average Bonchev–Trinajstić information content (AvgIpc) is 2.76. The number of hydrogen-bond acceptors (Lipinski definition) is 2. The third-order valence-electron chi connectivity index (χ3n) is 2.76. The van der Waals surface area contributed by atoms with Crippen molar-refractivity contribution in [3.8, 4) is 0 Å². The molecular weight excluding hydrogens is 216 g/mol. The fourth-order valence-electron chi connectivity index (χ4n) is 1.61. The van der Waals surface area contributed by atoms with Gasteiger partial charge in [0.2, 0.25) is 0 Å². The lowest BCUT2D eigenvalue weighted by Gasteiger charge is -2.13. The zero-order valence-electron chi connectivity index (χ0n) is 9.81. The Labute approximate surface area is 102 Å². The summed E-state index contributed by atoms with van der Waals surface area (Å²) in [6.45, 7) is 5.28. The molecule has 3 heteroatoms. The maximum Gasteiger partial charge on any atom is 0.157 e. The monoisotopic (exact) mass is 234 g/mol. The van der Waals surface area contributed by atoms with Gasteiger partial charge in [0.25, 0.3) is 0 Å². The molecule has 0 spiro atoms. The summed E-state index contributed by atoms with van der Waals surface area (Å²) in [5.74, 6) is 1.82. The highest BCUT2D eigenvalue weighted by Crippen LogP contribution is 2.19. The van der Waals surface area contributed by atoms with Crippen LogP contribution in [0.3, 0.4) is 0 Å². The Kier molecular flexibility index (Phi) is 3.88. The number of hydrogen-bond donors (Lipinski definition) is 1. The van der Waals surface area contributed by atoms with Crippen LogP contribution < -0.4 is 5.32 Å². The molecule has 16 heavy (non-hydrogen) atoms. The molecule has 1 aliphatic rings. The van der Waals surface area contributed by atoms with Crippen molar-refractivity contribution in [1.29, 1.82) is 0 Å². The number of amidine groups is 1. The van der Waals surface area contributed by atoms with Crippen LogP contribution in [-0.2, 0) is 6.54 Å². The molecule has 0 saturated carbocycles. The smallest absolute Gasteiger partial charge is 0.157 e. The summed E-state index contributed by atoms with van der Waals surface area (Å²) in [6.07, 6.45) is 0. The molecule has 86 valence electrons. The second kappa shape index (κ2) is 5.39. The van der Waals surface area contributed by atoms with Gasteiger partial charge in [-0.15, -0.1) is 0 Å². The molecule has 1 aromatic rings. The number of rotatable bonds is 3. The minimum absolute atomic E-state index is 0.583. The SMILES string of the molecule is CC(C)C1CSC(=NCc2ccccc2)N1. The van der Waals surface area contributed by atoms with Crippen molar-refractivity contribution < 1.29 is 0 Å². The molecule has 1 fully saturated rings. The highest BCUT2D eigenvalue weighted by atomic mass is 32.2. The lowest BCUT2D eigenvalue weighted by Crippen LogP contribution is -2.31. The molecule has 1 aliphatic heterocycles. The fourth-order valence-corrected chi connectivity index (χ4v) is 2.80. The summed E-state index contributed by atoms with van der Waals surface area (Å²) in [4.78, 5) is 4.59. The number of aliphatic imine (C=N–C) groups is 1. The predicted molar refractivity (Wildman–Crippen MR) is 71.8 cm³/mol. The van der Waals surface area contributed by atoms with E-state index in [0.717, 1.165) is 17.5 Å². The van der Waals surface area contributed by atoms with Crippen LogP contribution in [0.4, 0.5) is 0 Å². The van der Waals surface area contributed by atoms with E-state index in [1.165, 1.54) is 5.56 Å². The first-order valence-corrected chi connectivity index (χ1v) is 6.72. The molecule has 1 heterocycles. The summed E-state index contributed by atoms with van der Waals surface area (Å²) in [5, 5.41) is 4.57. The topological polar surface area (TPSA) is 24.4 Å². The Balaban J connectivity index is 1.90. The molecule has 0 radical (unpaired) electrons. The van der Waals surface area contributed by atoms with Crippen LogP contribution in [0.1, 0.15) is 19.4 Å². The van der Waals surface area contributed by atoms with Crippen LogP contribution in [0, 0.1) is 5.92 Å². The first-order chi connectivity index (χ1) is 7.75. The molecule has 2 rings (SSSR count). The van der Waals surface area contributed by atoms with Crippen molar-refractivity contribution in [3.63, 3.8) is 0 Å². The Morgan fingerprint density at radius 1 is 1.38 bits per heavy atom. The van der Waals surface area contributed by atoms with Crippen molar-refractivity contribution in [1.82, 2.24) is 5.32 Å². The molecular formula is C13H18N2S. The highest BCUT2D eigenvalue weighted by Gasteiger charge is 2.22. The Hall–Kier alpha value is -0.960. The van der Waals surface area contributed by atoms with Crippen molar-refractivity contribution in [2.45, 2.75) is 26.4 Å². The quantitative estimate of drug-likeness (QED) is 0.869. The maximum atomic E-state index is 4.59. The number of benzene rings is 1. The molecule has 2 nitrogen and oxygen atoms in total. The third-order valence-corrected chi connectivity index (χ3v) is 3.81. The summed E-state index contributed by atoms with van der Waals surface area (Å²) in [6, 6.07) is 11.0. The Morgan fingerprint density at radius 2 is 2.12 bits per heavy atom. The number of nitrogens with one attached hydrogen (secondary N) is 1. The van der Waals surface area contributed by atoms with Crippen molar-refractivity contribution >= 4 is 16.9 Å². The van der Waals surface area contributed by atoms with Gasteiger partial charge >= 0.3 is 0 Å².